The fraction of sp³-hybridized carbons (Fsp3) is 0.167. The number of aromatic nitrogens is 5. The van der Waals surface area contributed by atoms with Crippen LogP contribution in [0.2, 0.25) is 10.0 Å². The fourth-order valence-electron chi connectivity index (χ4n) is 3.17. The minimum atomic E-state index is -0.523. The maximum atomic E-state index is 12.6. The normalized spacial score (nSPS) is 13.6. The van der Waals surface area contributed by atoms with E-state index >= 15 is 0 Å². The van der Waals surface area contributed by atoms with Crippen LogP contribution < -0.4 is 5.63 Å². The van der Waals surface area contributed by atoms with E-state index in [0.717, 1.165) is 11.4 Å². The number of halogens is 2. The molecule has 0 atom stereocenters. The van der Waals surface area contributed by atoms with E-state index in [9.17, 15) is 4.79 Å². The van der Waals surface area contributed by atoms with Crippen LogP contribution in [-0.4, -0.2) is 36.1 Å². The number of benzene rings is 1. The third-order valence-electron chi connectivity index (χ3n) is 4.42. The van der Waals surface area contributed by atoms with Gasteiger partial charge >= 0.3 is 5.63 Å². The van der Waals surface area contributed by atoms with E-state index in [0.29, 0.717) is 44.1 Å². The summed E-state index contributed by atoms with van der Waals surface area (Å²) in [5.41, 5.74) is 2.40. The SMILES string of the molecule is Cc1cc(C)n(-c2nnc3n2N=C(c2cc4cc(Cl)cc(Cl)c4oc2=O)CS3)n1. The van der Waals surface area contributed by atoms with Crippen molar-refractivity contribution >= 4 is 51.6 Å². The van der Waals surface area contributed by atoms with Crippen LogP contribution in [0, 0.1) is 13.8 Å². The molecule has 0 bridgehead atoms. The summed E-state index contributed by atoms with van der Waals surface area (Å²) in [5, 5.41) is 19.4. The van der Waals surface area contributed by atoms with E-state index in [2.05, 4.69) is 20.4 Å². The number of rotatable bonds is 2. The van der Waals surface area contributed by atoms with Gasteiger partial charge in [-0.05, 0) is 38.1 Å². The van der Waals surface area contributed by atoms with E-state index in [-0.39, 0.29) is 5.02 Å². The largest absolute Gasteiger partial charge is 0.421 e. The molecule has 4 heterocycles. The minimum absolute atomic E-state index is 0.281. The van der Waals surface area contributed by atoms with Gasteiger partial charge in [-0.15, -0.1) is 10.2 Å². The summed E-state index contributed by atoms with van der Waals surface area (Å²) < 4.78 is 8.69. The van der Waals surface area contributed by atoms with Crippen molar-refractivity contribution in [3.05, 3.63) is 61.7 Å². The van der Waals surface area contributed by atoms with Gasteiger partial charge in [0.2, 0.25) is 5.16 Å². The van der Waals surface area contributed by atoms with Crippen molar-refractivity contribution in [2.75, 3.05) is 5.75 Å². The summed E-state index contributed by atoms with van der Waals surface area (Å²) in [6, 6.07) is 6.85. The molecule has 8 nitrogen and oxygen atoms in total. The maximum absolute atomic E-state index is 12.6. The molecule has 0 spiro atoms. The lowest BCUT2D eigenvalue weighted by Crippen LogP contribution is -2.21. The van der Waals surface area contributed by atoms with Crippen LogP contribution in [-0.2, 0) is 0 Å². The quantitative estimate of drug-likeness (QED) is 0.434. The second kappa shape index (κ2) is 6.72. The van der Waals surface area contributed by atoms with Crippen molar-refractivity contribution in [2.45, 2.75) is 19.0 Å². The third-order valence-corrected chi connectivity index (χ3v) is 5.85. The van der Waals surface area contributed by atoms with E-state index in [1.165, 1.54) is 17.8 Å². The smallest absolute Gasteiger partial charge is 0.345 e. The number of hydrogen-bond acceptors (Lipinski definition) is 7. The molecule has 1 aliphatic heterocycles. The highest BCUT2D eigenvalue weighted by Crippen LogP contribution is 2.29. The highest BCUT2D eigenvalue weighted by molar-refractivity contribution is 7.99. The Morgan fingerprint density at radius 1 is 1.14 bits per heavy atom. The Bertz CT molecular complexity index is 1390. The zero-order chi connectivity index (χ0) is 20.3. The number of hydrogen-bond donors (Lipinski definition) is 0. The Morgan fingerprint density at radius 3 is 2.72 bits per heavy atom. The first-order valence-electron chi connectivity index (χ1n) is 8.53. The third kappa shape index (κ3) is 3.06. The van der Waals surface area contributed by atoms with Crippen molar-refractivity contribution in [2.24, 2.45) is 5.10 Å². The number of thioether (sulfide) groups is 1. The van der Waals surface area contributed by atoms with Gasteiger partial charge in [-0.1, -0.05) is 35.0 Å². The Labute approximate surface area is 178 Å². The van der Waals surface area contributed by atoms with Crippen molar-refractivity contribution in [3.63, 3.8) is 0 Å². The minimum Gasteiger partial charge on any atom is -0.421 e. The number of fused-ring (bicyclic) bond motifs is 2. The lowest BCUT2D eigenvalue weighted by atomic mass is 10.1. The zero-order valence-electron chi connectivity index (χ0n) is 15.2. The molecule has 0 radical (unpaired) electrons. The molecule has 1 aromatic carbocycles. The molecule has 0 amide bonds. The van der Waals surface area contributed by atoms with Crippen LogP contribution >= 0.6 is 35.0 Å². The molecular weight excluding hydrogens is 435 g/mol. The van der Waals surface area contributed by atoms with Gasteiger partial charge in [-0.3, -0.25) is 0 Å². The van der Waals surface area contributed by atoms with E-state index < -0.39 is 5.63 Å². The summed E-state index contributed by atoms with van der Waals surface area (Å²) in [7, 11) is 0. The molecule has 1 aliphatic rings. The van der Waals surface area contributed by atoms with E-state index in [1.54, 1.807) is 21.5 Å². The van der Waals surface area contributed by atoms with Crippen LogP contribution in [0.1, 0.15) is 17.0 Å². The lowest BCUT2D eigenvalue weighted by molar-refractivity contribution is 0.559. The van der Waals surface area contributed by atoms with Crippen molar-refractivity contribution < 1.29 is 4.42 Å². The van der Waals surface area contributed by atoms with Crippen LogP contribution in [0.5, 0.6) is 0 Å². The topological polar surface area (TPSA) is 91.1 Å². The summed E-state index contributed by atoms with van der Waals surface area (Å²) in [6.45, 7) is 3.82. The molecule has 0 unspecified atom stereocenters. The second-order valence-corrected chi connectivity index (χ2v) is 8.31. The first-order valence-corrected chi connectivity index (χ1v) is 10.3. The molecule has 29 heavy (non-hydrogen) atoms. The summed E-state index contributed by atoms with van der Waals surface area (Å²) in [6.07, 6.45) is 0. The zero-order valence-corrected chi connectivity index (χ0v) is 17.5. The van der Waals surface area contributed by atoms with Gasteiger partial charge in [-0.2, -0.15) is 14.9 Å². The van der Waals surface area contributed by atoms with Crippen LogP contribution in [0.25, 0.3) is 16.9 Å². The molecule has 5 rings (SSSR count). The van der Waals surface area contributed by atoms with Gasteiger partial charge in [0, 0.05) is 21.9 Å². The fourth-order valence-corrected chi connectivity index (χ4v) is 4.54. The van der Waals surface area contributed by atoms with Gasteiger partial charge in [-0.25, -0.2) is 9.48 Å². The molecule has 0 N–H and O–H groups in total. The molecule has 0 saturated heterocycles. The molecule has 146 valence electrons. The predicted octanol–water partition coefficient (Wildman–Crippen LogP) is 3.85. The van der Waals surface area contributed by atoms with Crippen molar-refractivity contribution in [3.8, 4) is 5.95 Å². The Kier molecular flexibility index (Phi) is 4.27. The van der Waals surface area contributed by atoms with E-state index in [4.69, 9.17) is 27.6 Å². The first kappa shape index (κ1) is 18.4. The van der Waals surface area contributed by atoms with Crippen LogP contribution in [0.4, 0.5) is 0 Å². The van der Waals surface area contributed by atoms with Gasteiger partial charge in [0.25, 0.3) is 5.95 Å². The number of aryl methyl sites for hydroxylation is 2. The van der Waals surface area contributed by atoms with Gasteiger partial charge in [0.05, 0.1) is 22.0 Å². The monoisotopic (exact) mass is 446 g/mol. The molecule has 4 aromatic rings. The average molecular weight is 447 g/mol. The van der Waals surface area contributed by atoms with Gasteiger partial charge in [0.1, 0.15) is 0 Å². The van der Waals surface area contributed by atoms with E-state index in [1.807, 2.05) is 19.9 Å². The molecule has 11 heteroatoms. The van der Waals surface area contributed by atoms with Crippen LogP contribution in [0.15, 0.2) is 43.7 Å². The first-order chi connectivity index (χ1) is 13.9. The molecule has 3 aromatic heterocycles. The standard InChI is InChI=1S/C18H12Cl2N6O2S/c1-8-3-9(2)25(23-8)17-21-22-18-26(17)24-14(7-29-18)12-5-10-4-11(19)6-13(20)15(10)28-16(12)27/h3-6H,7H2,1-2H3. The Balaban J connectivity index is 1.67. The highest BCUT2D eigenvalue weighted by atomic mass is 35.5. The molecule has 0 saturated carbocycles. The Morgan fingerprint density at radius 2 is 1.97 bits per heavy atom. The molecule has 0 fully saturated rings. The molecular formula is C18H12Cl2N6O2S. The van der Waals surface area contributed by atoms with Crippen LogP contribution in [0.3, 0.4) is 0 Å². The average Bonchev–Trinajstić information content (AvgIpc) is 3.23. The maximum Gasteiger partial charge on any atom is 0.345 e. The number of nitrogens with zero attached hydrogens (tertiary/aromatic N) is 6. The van der Waals surface area contributed by atoms with Gasteiger partial charge < -0.3 is 4.42 Å². The lowest BCUT2D eigenvalue weighted by Gasteiger charge is -2.14. The summed E-state index contributed by atoms with van der Waals surface area (Å²) in [4.78, 5) is 12.6. The second-order valence-electron chi connectivity index (χ2n) is 6.52. The summed E-state index contributed by atoms with van der Waals surface area (Å²) >= 11 is 13.7. The van der Waals surface area contributed by atoms with Crippen molar-refractivity contribution in [1.82, 2.24) is 24.7 Å². The van der Waals surface area contributed by atoms with Gasteiger partial charge in [0.15, 0.2) is 5.58 Å². The highest BCUT2D eigenvalue weighted by Gasteiger charge is 2.24. The molecule has 0 aliphatic carbocycles. The Hall–Kier alpha value is -2.62. The summed E-state index contributed by atoms with van der Waals surface area (Å²) in [5.74, 6) is 0.895. The predicted molar refractivity (Wildman–Crippen MR) is 112 cm³/mol. The van der Waals surface area contributed by atoms with Crippen molar-refractivity contribution in [1.29, 1.82) is 0 Å².